The van der Waals surface area contributed by atoms with E-state index in [1.54, 1.807) is 12.1 Å². The molecule has 1 fully saturated rings. The van der Waals surface area contributed by atoms with Gasteiger partial charge in [-0.3, -0.25) is 0 Å². The molecule has 1 N–H and O–H groups in total. The molecule has 5 heteroatoms. The van der Waals surface area contributed by atoms with E-state index in [-0.39, 0.29) is 6.10 Å². The Bertz CT molecular complexity index is 369. The molecule has 1 heterocycles. The largest absolute Gasteiger partial charge is 0.416 e. The maximum Gasteiger partial charge on any atom is 0.416 e. The third-order valence-electron chi connectivity index (χ3n) is 3.04. The molecule has 1 unspecified atom stereocenters. The first-order valence-electron chi connectivity index (χ1n) is 6.04. The average Bonchev–Trinajstić information content (AvgIpc) is 2.37. The molecule has 1 aromatic rings. The van der Waals surface area contributed by atoms with Crippen LogP contribution in [-0.4, -0.2) is 25.8 Å². The van der Waals surface area contributed by atoms with Crippen LogP contribution in [0.4, 0.5) is 13.2 Å². The minimum absolute atomic E-state index is 0.168. The van der Waals surface area contributed by atoms with Crippen molar-refractivity contribution in [2.45, 2.75) is 25.1 Å². The summed E-state index contributed by atoms with van der Waals surface area (Å²) in [6.07, 6.45) is -2.52. The highest BCUT2D eigenvalue weighted by molar-refractivity contribution is 5.24. The minimum Gasteiger partial charge on any atom is -0.376 e. The summed E-state index contributed by atoms with van der Waals surface area (Å²) in [6, 6.07) is 5.35. The van der Waals surface area contributed by atoms with Crippen LogP contribution in [0.5, 0.6) is 0 Å². The number of rotatable bonds is 3. The van der Waals surface area contributed by atoms with Crippen LogP contribution >= 0.6 is 0 Å². The normalized spacial score (nSPS) is 20.9. The zero-order valence-corrected chi connectivity index (χ0v) is 9.96. The molecule has 1 aliphatic heterocycles. The van der Waals surface area contributed by atoms with E-state index in [1.807, 2.05) is 0 Å². The highest BCUT2D eigenvalue weighted by Gasteiger charge is 2.29. The number of benzene rings is 1. The zero-order valence-electron chi connectivity index (χ0n) is 9.96. The second-order valence-corrected chi connectivity index (χ2v) is 4.43. The third kappa shape index (κ3) is 3.71. The summed E-state index contributed by atoms with van der Waals surface area (Å²) in [6.45, 7) is 2.40. The lowest BCUT2D eigenvalue weighted by Gasteiger charge is -2.23. The van der Waals surface area contributed by atoms with Gasteiger partial charge >= 0.3 is 6.18 Å². The van der Waals surface area contributed by atoms with Gasteiger partial charge in [0.15, 0.2) is 0 Å². The number of hydrogen-bond donors (Lipinski definition) is 1. The minimum atomic E-state index is -4.26. The Morgan fingerprint density at radius 2 is 1.94 bits per heavy atom. The lowest BCUT2D eigenvalue weighted by Crippen LogP contribution is -2.38. The second kappa shape index (κ2) is 5.71. The first kappa shape index (κ1) is 13.4. The van der Waals surface area contributed by atoms with Crippen LogP contribution in [0.2, 0.25) is 0 Å². The Hall–Kier alpha value is -1.07. The molecule has 0 radical (unpaired) electrons. The van der Waals surface area contributed by atoms with Gasteiger partial charge in [-0.05, 0) is 30.5 Å². The van der Waals surface area contributed by atoms with E-state index >= 15 is 0 Å². The van der Waals surface area contributed by atoms with Crippen molar-refractivity contribution in [1.29, 1.82) is 0 Å². The highest BCUT2D eigenvalue weighted by atomic mass is 19.4. The number of halogens is 3. The molecule has 0 aliphatic carbocycles. The molecule has 100 valence electrons. The quantitative estimate of drug-likeness (QED) is 0.901. The van der Waals surface area contributed by atoms with E-state index in [0.717, 1.165) is 43.6 Å². The van der Waals surface area contributed by atoms with Gasteiger partial charge in [-0.2, -0.15) is 13.2 Å². The Kier molecular flexibility index (Phi) is 4.24. The van der Waals surface area contributed by atoms with Crippen molar-refractivity contribution in [2.24, 2.45) is 0 Å². The van der Waals surface area contributed by atoms with E-state index < -0.39 is 11.7 Å². The van der Waals surface area contributed by atoms with Gasteiger partial charge in [0.05, 0.1) is 18.3 Å². The van der Waals surface area contributed by atoms with Crippen molar-refractivity contribution in [3.05, 3.63) is 35.4 Å². The first-order valence-corrected chi connectivity index (χ1v) is 6.04. The number of ether oxygens (including phenoxy) is 1. The van der Waals surface area contributed by atoms with Crippen LogP contribution in [0.25, 0.3) is 0 Å². The number of nitrogens with one attached hydrogen (secondary N) is 1. The monoisotopic (exact) mass is 259 g/mol. The maximum absolute atomic E-state index is 12.4. The SMILES string of the molecule is FC(F)(F)c1ccc(CCC2CNCCO2)cc1. The van der Waals surface area contributed by atoms with Gasteiger partial charge in [0.25, 0.3) is 0 Å². The molecule has 2 nitrogen and oxygen atoms in total. The molecule has 0 aromatic heterocycles. The number of morpholine rings is 1. The smallest absolute Gasteiger partial charge is 0.376 e. The molecule has 2 rings (SSSR count). The summed E-state index contributed by atoms with van der Waals surface area (Å²) in [4.78, 5) is 0. The molecule has 0 bridgehead atoms. The summed E-state index contributed by atoms with van der Waals surface area (Å²) in [5.41, 5.74) is 0.319. The van der Waals surface area contributed by atoms with Gasteiger partial charge in [-0.25, -0.2) is 0 Å². The molecule has 18 heavy (non-hydrogen) atoms. The Morgan fingerprint density at radius 3 is 2.50 bits per heavy atom. The van der Waals surface area contributed by atoms with Crippen LogP contribution < -0.4 is 5.32 Å². The molecule has 1 aliphatic rings. The summed E-state index contributed by atoms with van der Waals surface area (Å²) >= 11 is 0. The van der Waals surface area contributed by atoms with Crippen LogP contribution in [0.3, 0.4) is 0 Å². The van der Waals surface area contributed by atoms with E-state index in [1.165, 1.54) is 0 Å². The molecule has 0 spiro atoms. The molecule has 0 amide bonds. The van der Waals surface area contributed by atoms with E-state index in [9.17, 15) is 13.2 Å². The zero-order chi connectivity index (χ0) is 13.0. The number of hydrogen-bond acceptors (Lipinski definition) is 2. The van der Waals surface area contributed by atoms with Crippen molar-refractivity contribution in [3.63, 3.8) is 0 Å². The fourth-order valence-corrected chi connectivity index (χ4v) is 1.99. The second-order valence-electron chi connectivity index (χ2n) is 4.43. The van der Waals surface area contributed by atoms with Crippen molar-refractivity contribution >= 4 is 0 Å². The highest BCUT2D eigenvalue weighted by Crippen LogP contribution is 2.29. The fourth-order valence-electron chi connectivity index (χ4n) is 1.99. The van der Waals surface area contributed by atoms with Crippen LogP contribution in [0, 0.1) is 0 Å². The number of aryl methyl sites for hydroxylation is 1. The lowest BCUT2D eigenvalue weighted by molar-refractivity contribution is -0.137. The predicted molar refractivity (Wildman–Crippen MR) is 62.4 cm³/mol. The van der Waals surface area contributed by atoms with Crippen molar-refractivity contribution < 1.29 is 17.9 Å². The van der Waals surface area contributed by atoms with Gasteiger partial charge in [-0.15, -0.1) is 0 Å². The summed E-state index contributed by atoms with van der Waals surface area (Å²) in [5, 5.41) is 3.23. The van der Waals surface area contributed by atoms with Gasteiger partial charge in [0.2, 0.25) is 0 Å². The molecular formula is C13H16F3NO. The van der Waals surface area contributed by atoms with E-state index in [0.29, 0.717) is 6.61 Å². The van der Waals surface area contributed by atoms with Gasteiger partial charge in [0, 0.05) is 13.1 Å². The lowest BCUT2D eigenvalue weighted by atomic mass is 10.0. The van der Waals surface area contributed by atoms with Crippen molar-refractivity contribution in [2.75, 3.05) is 19.7 Å². The van der Waals surface area contributed by atoms with Crippen molar-refractivity contribution in [3.8, 4) is 0 Å². The molecule has 1 aromatic carbocycles. The Labute approximate surface area is 104 Å². The van der Waals surface area contributed by atoms with Crippen LogP contribution in [-0.2, 0) is 17.3 Å². The predicted octanol–water partition coefficient (Wildman–Crippen LogP) is 2.63. The van der Waals surface area contributed by atoms with E-state index in [2.05, 4.69) is 5.32 Å². The first-order chi connectivity index (χ1) is 8.55. The fraction of sp³-hybridized carbons (Fsp3) is 0.538. The standard InChI is InChI=1S/C13H16F3NO/c14-13(15,16)11-4-1-10(2-5-11)3-6-12-9-17-7-8-18-12/h1-2,4-5,12,17H,3,6-9H2. The molecule has 1 saturated heterocycles. The summed E-state index contributed by atoms with van der Waals surface area (Å²) in [7, 11) is 0. The average molecular weight is 259 g/mol. The van der Waals surface area contributed by atoms with Gasteiger partial charge in [-0.1, -0.05) is 12.1 Å². The van der Waals surface area contributed by atoms with Crippen LogP contribution in [0.15, 0.2) is 24.3 Å². The third-order valence-corrected chi connectivity index (χ3v) is 3.04. The number of alkyl halides is 3. The molecular weight excluding hydrogens is 243 g/mol. The Balaban J connectivity index is 1.86. The van der Waals surface area contributed by atoms with Gasteiger partial charge in [0.1, 0.15) is 0 Å². The van der Waals surface area contributed by atoms with E-state index in [4.69, 9.17) is 4.74 Å². The summed E-state index contributed by atoms with van der Waals surface area (Å²) < 4.78 is 42.6. The maximum atomic E-state index is 12.4. The molecule has 0 saturated carbocycles. The van der Waals surface area contributed by atoms with Crippen LogP contribution in [0.1, 0.15) is 17.5 Å². The summed E-state index contributed by atoms with van der Waals surface area (Å²) in [5.74, 6) is 0. The van der Waals surface area contributed by atoms with Gasteiger partial charge < -0.3 is 10.1 Å². The Morgan fingerprint density at radius 1 is 1.22 bits per heavy atom. The topological polar surface area (TPSA) is 21.3 Å². The van der Waals surface area contributed by atoms with Crippen molar-refractivity contribution in [1.82, 2.24) is 5.32 Å². The molecule has 1 atom stereocenters.